The third-order valence-corrected chi connectivity index (χ3v) is 6.90. The van der Waals surface area contributed by atoms with Crippen LogP contribution in [0.4, 0.5) is 0 Å². The lowest BCUT2D eigenvalue weighted by Crippen LogP contribution is -2.40. The van der Waals surface area contributed by atoms with E-state index in [0.29, 0.717) is 19.5 Å². The lowest BCUT2D eigenvalue weighted by Gasteiger charge is -2.31. The number of rotatable bonds is 5. The highest BCUT2D eigenvalue weighted by molar-refractivity contribution is 7.89. The fourth-order valence-electron chi connectivity index (χ4n) is 3.60. The topological polar surface area (TPSA) is 66.1 Å². The first-order valence-corrected chi connectivity index (χ1v) is 10.7. The number of aromatic amines is 1. The molecule has 0 saturated carbocycles. The predicted molar refractivity (Wildman–Crippen MR) is 104 cm³/mol. The number of aromatic nitrogens is 2. The minimum absolute atomic E-state index is 0.127. The molecule has 1 aromatic heterocycles. The molecule has 1 atom stereocenters. The molecule has 2 aromatic carbocycles. The normalized spacial score (nSPS) is 19.0. The molecule has 2 heterocycles. The van der Waals surface area contributed by atoms with Gasteiger partial charge in [-0.25, -0.2) is 17.7 Å². The maximum atomic E-state index is 12.8. The first kappa shape index (κ1) is 17.2. The van der Waals surface area contributed by atoms with Crippen LogP contribution in [0, 0.1) is 0 Å². The molecule has 3 aromatic rings. The van der Waals surface area contributed by atoms with Gasteiger partial charge in [0.05, 0.1) is 16.8 Å². The fourth-order valence-corrected chi connectivity index (χ4v) is 5.17. The van der Waals surface area contributed by atoms with Crippen molar-refractivity contribution in [3.8, 4) is 0 Å². The molecule has 26 heavy (non-hydrogen) atoms. The van der Waals surface area contributed by atoms with Crippen molar-refractivity contribution in [2.24, 2.45) is 0 Å². The lowest BCUT2D eigenvalue weighted by atomic mass is 9.99. The summed E-state index contributed by atoms with van der Waals surface area (Å²) in [5.74, 6) is 1.18. The van der Waals surface area contributed by atoms with Crippen LogP contribution in [0.15, 0.2) is 54.6 Å². The van der Waals surface area contributed by atoms with E-state index in [9.17, 15) is 8.42 Å². The fraction of sp³-hybridized carbons (Fsp3) is 0.350. The number of fused-ring (bicyclic) bond motifs is 1. The Labute approximate surface area is 154 Å². The Kier molecular flexibility index (Phi) is 4.78. The molecule has 1 unspecified atom stereocenters. The summed E-state index contributed by atoms with van der Waals surface area (Å²) in [7, 11) is -3.26. The number of para-hydroxylation sites is 2. The molecule has 1 aliphatic heterocycles. The second-order valence-corrected chi connectivity index (χ2v) is 8.98. The van der Waals surface area contributed by atoms with Gasteiger partial charge in [-0.2, -0.15) is 0 Å². The Bertz CT molecular complexity index is 949. The third kappa shape index (κ3) is 3.66. The highest BCUT2D eigenvalue weighted by atomic mass is 32.2. The maximum Gasteiger partial charge on any atom is 0.214 e. The van der Waals surface area contributed by atoms with E-state index in [4.69, 9.17) is 0 Å². The van der Waals surface area contributed by atoms with Crippen LogP contribution < -0.4 is 0 Å². The lowest BCUT2D eigenvalue weighted by molar-refractivity contribution is 0.310. The van der Waals surface area contributed by atoms with E-state index >= 15 is 0 Å². The number of aryl methyl sites for hydroxylation is 1. The van der Waals surface area contributed by atoms with E-state index in [1.807, 2.05) is 54.6 Å². The number of hydrogen-bond donors (Lipinski definition) is 1. The summed E-state index contributed by atoms with van der Waals surface area (Å²) in [5, 5.41) is 0. The number of nitrogens with one attached hydrogen (secondary N) is 1. The molecule has 0 amide bonds. The maximum absolute atomic E-state index is 12.8. The van der Waals surface area contributed by atoms with Gasteiger partial charge in [-0.1, -0.05) is 42.5 Å². The van der Waals surface area contributed by atoms with Gasteiger partial charge in [-0.05, 0) is 37.0 Å². The number of benzene rings is 2. The molecular weight excluding hydrogens is 346 g/mol. The minimum atomic E-state index is -3.26. The van der Waals surface area contributed by atoms with E-state index < -0.39 is 10.0 Å². The van der Waals surface area contributed by atoms with Crippen molar-refractivity contribution in [3.05, 3.63) is 66.0 Å². The van der Waals surface area contributed by atoms with Crippen LogP contribution in [0.3, 0.4) is 0 Å². The summed E-state index contributed by atoms with van der Waals surface area (Å²) in [6.07, 6.45) is 2.38. The van der Waals surface area contributed by atoms with Gasteiger partial charge in [0.2, 0.25) is 10.0 Å². The molecule has 6 heteroatoms. The average Bonchev–Trinajstić information content (AvgIpc) is 3.12. The Morgan fingerprint density at radius 2 is 1.85 bits per heavy atom. The summed E-state index contributed by atoms with van der Waals surface area (Å²) in [6.45, 7) is 1.12. The number of hydrogen-bond acceptors (Lipinski definition) is 3. The molecule has 4 rings (SSSR count). The van der Waals surface area contributed by atoms with Gasteiger partial charge in [-0.3, -0.25) is 0 Å². The second-order valence-electron chi connectivity index (χ2n) is 6.89. The van der Waals surface area contributed by atoms with Crippen molar-refractivity contribution in [3.63, 3.8) is 0 Å². The first-order chi connectivity index (χ1) is 12.6. The van der Waals surface area contributed by atoms with Gasteiger partial charge < -0.3 is 4.98 Å². The molecule has 0 radical (unpaired) electrons. The van der Waals surface area contributed by atoms with Crippen molar-refractivity contribution in [1.29, 1.82) is 0 Å². The smallest absolute Gasteiger partial charge is 0.214 e. The van der Waals surface area contributed by atoms with Gasteiger partial charge in [0.15, 0.2) is 0 Å². The molecule has 5 nitrogen and oxygen atoms in total. The molecule has 1 saturated heterocycles. The molecule has 0 aliphatic carbocycles. The molecule has 1 N–H and O–H groups in total. The molecular formula is C20H23N3O2S. The van der Waals surface area contributed by atoms with Gasteiger partial charge >= 0.3 is 0 Å². The Balaban J connectivity index is 1.47. The van der Waals surface area contributed by atoms with Gasteiger partial charge in [-0.15, -0.1) is 0 Å². The summed E-state index contributed by atoms with van der Waals surface area (Å²) >= 11 is 0. The van der Waals surface area contributed by atoms with Crippen LogP contribution in [0.1, 0.15) is 30.1 Å². The Morgan fingerprint density at radius 3 is 2.65 bits per heavy atom. The van der Waals surface area contributed by atoms with Gasteiger partial charge in [0.1, 0.15) is 5.82 Å². The van der Waals surface area contributed by atoms with Crippen LogP contribution in [-0.2, 0) is 16.4 Å². The molecule has 1 aliphatic rings. The molecule has 1 fully saturated rings. The third-order valence-electron chi connectivity index (χ3n) is 5.06. The Hall–Kier alpha value is -2.18. The summed E-state index contributed by atoms with van der Waals surface area (Å²) < 4.78 is 27.3. The number of sulfonamides is 1. The van der Waals surface area contributed by atoms with Crippen LogP contribution in [0.2, 0.25) is 0 Å². The van der Waals surface area contributed by atoms with Gasteiger partial charge in [0, 0.05) is 19.0 Å². The van der Waals surface area contributed by atoms with Crippen molar-refractivity contribution < 1.29 is 8.42 Å². The largest absolute Gasteiger partial charge is 0.342 e. The van der Waals surface area contributed by atoms with E-state index in [1.165, 1.54) is 0 Å². The number of imidazole rings is 1. The van der Waals surface area contributed by atoms with E-state index in [2.05, 4.69) is 9.97 Å². The van der Waals surface area contributed by atoms with Crippen LogP contribution in [0.5, 0.6) is 0 Å². The van der Waals surface area contributed by atoms with Crippen molar-refractivity contribution in [2.45, 2.75) is 25.2 Å². The monoisotopic (exact) mass is 369 g/mol. The average molecular weight is 369 g/mol. The Morgan fingerprint density at radius 1 is 1.08 bits per heavy atom. The second kappa shape index (κ2) is 7.21. The van der Waals surface area contributed by atoms with Crippen LogP contribution >= 0.6 is 0 Å². The highest BCUT2D eigenvalue weighted by Crippen LogP contribution is 2.28. The minimum Gasteiger partial charge on any atom is -0.342 e. The van der Waals surface area contributed by atoms with Crippen molar-refractivity contribution >= 4 is 21.1 Å². The standard InChI is InChI=1S/C20H23N3O2S/c24-26(25,14-12-16-7-2-1-3-8-16)23-13-6-9-17(15-23)20-21-18-10-4-5-11-19(18)22-20/h1-5,7-8,10-11,17H,6,9,12-15H2,(H,21,22). The van der Waals surface area contributed by atoms with Crippen LogP contribution in [0.25, 0.3) is 11.0 Å². The number of H-pyrrole nitrogens is 1. The van der Waals surface area contributed by atoms with E-state index in [-0.39, 0.29) is 11.7 Å². The van der Waals surface area contributed by atoms with E-state index in [1.54, 1.807) is 4.31 Å². The van der Waals surface area contributed by atoms with E-state index in [0.717, 1.165) is 35.3 Å². The summed E-state index contributed by atoms with van der Waals surface area (Å²) in [6, 6.07) is 17.7. The van der Waals surface area contributed by atoms with Gasteiger partial charge in [0.25, 0.3) is 0 Å². The predicted octanol–water partition coefficient (Wildman–Crippen LogP) is 3.31. The zero-order valence-corrected chi connectivity index (χ0v) is 15.5. The van der Waals surface area contributed by atoms with Crippen molar-refractivity contribution in [2.75, 3.05) is 18.8 Å². The molecule has 136 valence electrons. The zero-order chi connectivity index (χ0) is 18.0. The molecule has 0 bridgehead atoms. The zero-order valence-electron chi connectivity index (χ0n) is 14.6. The quantitative estimate of drug-likeness (QED) is 0.750. The summed E-state index contributed by atoms with van der Waals surface area (Å²) in [5.41, 5.74) is 3.00. The summed E-state index contributed by atoms with van der Waals surface area (Å²) in [4.78, 5) is 8.03. The van der Waals surface area contributed by atoms with Crippen molar-refractivity contribution in [1.82, 2.24) is 14.3 Å². The number of nitrogens with zero attached hydrogens (tertiary/aromatic N) is 2. The molecule has 0 spiro atoms. The first-order valence-electron chi connectivity index (χ1n) is 9.08. The number of piperidine rings is 1. The highest BCUT2D eigenvalue weighted by Gasteiger charge is 2.30. The SMILES string of the molecule is O=S(=O)(CCc1ccccc1)N1CCCC(c2nc3ccccc3[nH]2)C1. The van der Waals surface area contributed by atoms with Crippen LogP contribution in [-0.4, -0.2) is 41.5 Å².